The molecule has 2 fully saturated rings. The molecule has 0 radical (unpaired) electrons. The van der Waals surface area contributed by atoms with Crippen molar-refractivity contribution >= 4 is 16.8 Å². The fourth-order valence-electron chi connectivity index (χ4n) is 6.27. The van der Waals surface area contributed by atoms with Gasteiger partial charge >= 0.3 is 0 Å². The molecular weight excluding hydrogens is 439 g/mol. The number of ketones is 1. The van der Waals surface area contributed by atoms with E-state index in [0.717, 1.165) is 86.1 Å². The van der Waals surface area contributed by atoms with Crippen molar-refractivity contribution in [3.63, 3.8) is 0 Å². The second kappa shape index (κ2) is 11.0. The van der Waals surface area contributed by atoms with E-state index in [0.29, 0.717) is 11.7 Å². The van der Waals surface area contributed by atoms with Crippen molar-refractivity contribution in [1.82, 2.24) is 9.88 Å². The molecule has 35 heavy (non-hydrogen) atoms. The second-order valence-corrected chi connectivity index (χ2v) is 10.6. The molecule has 3 aromatic rings. The molecule has 1 saturated heterocycles. The molecular formula is C30H37FN2O2. The van der Waals surface area contributed by atoms with E-state index in [4.69, 9.17) is 4.42 Å². The van der Waals surface area contributed by atoms with Crippen LogP contribution in [0, 0.1) is 18.7 Å². The standard InChI is InChI=1S/C30H37FN2O2/c1-21-18-24-19-25(31)20-27(30(24)35-21)22-10-7-15-33(16-12-22)17-13-26(28-11-5-6-14-32-28)29(34)23-8-3-2-4-9-23/h5-6,11,14,18-20,22-23,26H,2-4,7-10,12-13,15-17H2,1H3. The van der Waals surface area contributed by atoms with Gasteiger partial charge in [0.05, 0.1) is 11.6 Å². The maximum absolute atomic E-state index is 14.3. The zero-order valence-electron chi connectivity index (χ0n) is 20.8. The predicted octanol–water partition coefficient (Wildman–Crippen LogP) is 7.17. The van der Waals surface area contributed by atoms with Crippen LogP contribution >= 0.6 is 0 Å². The van der Waals surface area contributed by atoms with Crippen LogP contribution in [0.15, 0.2) is 47.0 Å². The zero-order chi connectivity index (χ0) is 24.2. The Labute approximate surface area is 207 Å². The van der Waals surface area contributed by atoms with Gasteiger partial charge in [-0.1, -0.05) is 25.3 Å². The minimum absolute atomic E-state index is 0.118. The zero-order valence-corrected chi connectivity index (χ0v) is 20.8. The first-order valence-electron chi connectivity index (χ1n) is 13.4. The van der Waals surface area contributed by atoms with Gasteiger partial charge in [0, 0.05) is 23.1 Å². The highest BCUT2D eigenvalue weighted by Gasteiger charge is 2.31. The number of rotatable bonds is 7. The van der Waals surface area contributed by atoms with Gasteiger partial charge in [-0.25, -0.2) is 4.39 Å². The molecule has 0 spiro atoms. The van der Waals surface area contributed by atoms with Gasteiger partial charge in [0.1, 0.15) is 22.9 Å². The molecule has 0 N–H and O–H groups in total. The van der Waals surface area contributed by atoms with Crippen molar-refractivity contribution in [2.75, 3.05) is 19.6 Å². The highest BCUT2D eigenvalue weighted by Crippen LogP contribution is 2.36. The molecule has 2 unspecified atom stereocenters. The number of likely N-dealkylation sites (tertiary alicyclic amines) is 1. The topological polar surface area (TPSA) is 46.3 Å². The minimum atomic E-state index is -0.186. The second-order valence-electron chi connectivity index (χ2n) is 10.6. The summed E-state index contributed by atoms with van der Waals surface area (Å²) in [4.78, 5) is 20.6. The molecule has 5 heteroatoms. The van der Waals surface area contributed by atoms with E-state index in [9.17, 15) is 9.18 Å². The Morgan fingerprint density at radius 1 is 1.09 bits per heavy atom. The normalized spacial score (nSPS) is 21.1. The molecule has 1 aromatic carbocycles. The molecule has 1 aliphatic heterocycles. The van der Waals surface area contributed by atoms with Gasteiger partial charge in [-0.3, -0.25) is 9.78 Å². The van der Waals surface area contributed by atoms with Gasteiger partial charge < -0.3 is 9.32 Å². The van der Waals surface area contributed by atoms with E-state index in [2.05, 4.69) is 9.88 Å². The van der Waals surface area contributed by atoms with Crippen LogP contribution in [0.25, 0.3) is 11.0 Å². The summed E-state index contributed by atoms with van der Waals surface area (Å²) in [7, 11) is 0. The summed E-state index contributed by atoms with van der Waals surface area (Å²) < 4.78 is 20.3. The third kappa shape index (κ3) is 5.66. The van der Waals surface area contributed by atoms with E-state index in [1.807, 2.05) is 37.4 Å². The predicted molar refractivity (Wildman–Crippen MR) is 137 cm³/mol. The third-order valence-corrected chi connectivity index (χ3v) is 8.12. The molecule has 5 rings (SSSR count). The summed E-state index contributed by atoms with van der Waals surface area (Å²) in [6.07, 6.45) is 11.3. The summed E-state index contributed by atoms with van der Waals surface area (Å²) in [5.41, 5.74) is 2.77. The van der Waals surface area contributed by atoms with Gasteiger partial charge in [0.15, 0.2) is 0 Å². The molecule has 2 aromatic heterocycles. The summed E-state index contributed by atoms with van der Waals surface area (Å²) in [5, 5.41) is 0.859. The fraction of sp³-hybridized carbons (Fsp3) is 0.533. The Hall–Kier alpha value is -2.53. The number of furan rings is 1. The molecule has 1 aliphatic carbocycles. The van der Waals surface area contributed by atoms with E-state index in [-0.39, 0.29) is 17.7 Å². The van der Waals surface area contributed by atoms with Gasteiger partial charge in [-0.15, -0.1) is 0 Å². The van der Waals surface area contributed by atoms with Crippen LogP contribution in [-0.4, -0.2) is 35.3 Å². The van der Waals surface area contributed by atoms with Gasteiger partial charge in [0.25, 0.3) is 0 Å². The number of Topliss-reactive ketones (excluding diaryl/α,β-unsaturated/α-hetero) is 1. The molecule has 2 aliphatic rings. The molecule has 0 bridgehead atoms. The average molecular weight is 477 g/mol. The number of aromatic nitrogens is 1. The number of pyridine rings is 1. The van der Waals surface area contributed by atoms with E-state index < -0.39 is 0 Å². The Bertz CT molecular complexity index is 1140. The Kier molecular flexibility index (Phi) is 7.62. The third-order valence-electron chi connectivity index (χ3n) is 8.12. The number of nitrogens with zero attached hydrogens (tertiary/aromatic N) is 2. The summed E-state index contributed by atoms with van der Waals surface area (Å²) in [6.45, 7) is 4.78. The van der Waals surface area contributed by atoms with Crippen molar-refractivity contribution in [1.29, 1.82) is 0 Å². The van der Waals surface area contributed by atoms with Crippen molar-refractivity contribution in [2.24, 2.45) is 5.92 Å². The number of fused-ring (bicyclic) bond motifs is 1. The molecule has 186 valence electrons. The van der Waals surface area contributed by atoms with Crippen LogP contribution < -0.4 is 0 Å². The average Bonchev–Trinajstić information content (AvgIpc) is 3.09. The highest BCUT2D eigenvalue weighted by atomic mass is 19.1. The first kappa shape index (κ1) is 24.2. The monoisotopic (exact) mass is 476 g/mol. The number of benzene rings is 1. The highest BCUT2D eigenvalue weighted by molar-refractivity contribution is 5.87. The quantitative estimate of drug-likeness (QED) is 0.363. The summed E-state index contributed by atoms with van der Waals surface area (Å²) >= 11 is 0. The van der Waals surface area contributed by atoms with Gasteiger partial charge in [-0.05, 0) is 101 Å². The lowest BCUT2D eigenvalue weighted by Crippen LogP contribution is -2.31. The number of hydrogen-bond acceptors (Lipinski definition) is 4. The van der Waals surface area contributed by atoms with Crippen molar-refractivity contribution in [3.05, 3.63) is 65.4 Å². The minimum Gasteiger partial charge on any atom is -0.461 e. The first-order valence-corrected chi connectivity index (χ1v) is 13.4. The lowest BCUT2D eigenvalue weighted by atomic mass is 9.79. The van der Waals surface area contributed by atoms with Crippen molar-refractivity contribution in [2.45, 2.75) is 76.5 Å². The van der Waals surface area contributed by atoms with E-state index in [1.54, 1.807) is 12.1 Å². The molecule has 1 saturated carbocycles. The number of hydrogen-bond donors (Lipinski definition) is 0. The number of carbonyl (C=O) groups excluding carboxylic acids is 1. The maximum atomic E-state index is 14.3. The fourth-order valence-corrected chi connectivity index (χ4v) is 6.27. The molecule has 0 amide bonds. The van der Waals surface area contributed by atoms with Crippen LogP contribution in [-0.2, 0) is 4.79 Å². The van der Waals surface area contributed by atoms with Gasteiger partial charge in [-0.2, -0.15) is 0 Å². The van der Waals surface area contributed by atoms with Crippen LogP contribution in [0.3, 0.4) is 0 Å². The SMILES string of the molecule is Cc1cc2cc(F)cc(C3CCCN(CCC(C(=O)C4CCCCC4)c4ccccn4)CC3)c2o1. The van der Waals surface area contributed by atoms with E-state index >= 15 is 0 Å². The number of carbonyl (C=O) groups is 1. The van der Waals surface area contributed by atoms with Gasteiger partial charge in [0.2, 0.25) is 0 Å². The van der Waals surface area contributed by atoms with Crippen molar-refractivity contribution in [3.8, 4) is 0 Å². The van der Waals surface area contributed by atoms with Crippen LogP contribution in [0.2, 0.25) is 0 Å². The number of halogens is 1. The van der Waals surface area contributed by atoms with E-state index in [1.165, 1.54) is 19.3 Å². The first-order chi connectivity index (χ1) is 17.1. The maximum Gasteiger partial charge on any atom is 0.145 e. The van der Waals surface area contributed by atoms with Crippen LogP contribution in [0.1, 0.15) is 86.6 Å². The Morgan fingerprint density at radius 3 is 2.74 bits per heavy atom. The Morgan fingerprint density at radius 2 is 1.94 bits per heavy atom. The lowest BCUT2D eigenvalue weighted by molar-refractivity contribution is -0.125. The summed E-state index contributed by atoms with van der Waals surface area (Å²) in [5.74, 6) is 1.40. The smallest absolute Gasteiger partial charge is 0.145 e. The van der Waals surface area contributed by atoms with Crippen molar-refractivity contribution < 1.29 is 13.6 Å². The lowest BCUT2D eigenvalue weighted by Gasteiger charge is -2.27. The largest absolute Gasteiger partial charge is 0.461 e. The van der Waals surface area contributed by atoms with Crippen LogP contribution in [0.4, 0.5) is 4.39 Å². The summed E-state index contributed by atoms with van der Waals surface area (Å²) in [6, 6.07) is 11.1. The molecule has 4 nitrogen and oxygen atoms in total. The molecule has 3 heterocycles. The van der Waals surface area contributed by atoms with Crippen LogP contribution in [0.5, 0.6) is 0 Å². The Balaban J connectivity index is 1.26. The number of aryl methyl sites for hydroxylation is 1. The molecule has 2 atom stereocenters.